The molecule has 11 nitrogen and oxygen atoms in total. The summed E-state index contributed by atoms with van der Waals surface area (Å²) < 4.78 is 23.4. The van der Waals surface area contributed by atoms with Crippen LogP contribution < -0.4 is 10.1 Å². The predicted octanol–water partition coefficient (Wildman–Crippen LogP) is 4.98. The molecule has 1 fully saturated rings. The number of halogens is 1. The average molecular weight is 514 g/mol. The van der Waals surface area contributed by atoms with Crippen molar-refractivity contribution in [3.05, 3.63) is 89.1 Å². The lowest BCUT2D eigenvalue weighted by molar-refractivity contribution is 0.0400. The van der Waals surface area contributed by atoms with Crippen molar-refractivity contribution in [1.29, 1.82) is 0 Å². The minimum Gasteiger partial charge on any atom is -0.488 e. The average Bonchev–Trinajstić information content (AvgIpc) is 3.50. The summed E-state index contributed by atoms with van der Waals surface area (Å²) in [5, 5.41) is 27.1. The number of aliphatic hydroxyl groups is 1. The van der Waals surface area contributed by atoms with Gasteiger partial charge in [0.25, 0.3) is 0 Å². The van der Waals surface area contributed by atoms with Crippen molar-refractivity contribution < 1.29 is 14.2 Å². The van der Waals surface area contributed by atoms with E-state index in [1.165, 1.54) is 18.5 Å². The summed E-state index contributed by atoms with van der Waals surface area (Å²) in [6.45, 7) is 0.463. The molecule has 12 heteroatoms. The fourth-order valence-corrected chi connectivity index (χ4v) is 4.93. The molecule has 38 heavy (non-hydrogen) atoms. The first-order chi connectivity index (χ1) is 18.6. The second-order valence-corrected chi connectivity index (χ2v) is 9.31. The molecule has 6 rings (SSSR count). The number of aliphatic hydroxyl groups excluding tert-OH is 1. The zero-order valence-electron chi connectivity index (χ0n) is 20.2. The van der Waals surface area contributed by atoms with E-state index in [1.807, 2.05) is 35.0 Å². The molecule has 1 unspecified atom stereocenters. The molecule has 0 aliphatic heterocycles. The summed E-state index contributed by atoms with van der Waals surface area (Å²) in [6, 6.07) is 13.7. The molecule has 3 heterocycles. The van der Waals surface area contributed by atoms with Crippen LogP contribution in [-0.4, -0.2) is 47.7 Å². The molecule has 0 bridgehead atoms. The van der Waals surface area contributed by atoms with Crippen molar-refractivity contribution in [3.63, 3.8) is 0 Å². The van der Waals surface area contributed by atoms with Crippen LogP contribution in [0, 0.1) is 5.82 Å². The number of nitrogens with zero attached hydrogens (tertiary/aromatic N) is 8. The molecular weight excluding hydrogens is 489 g/mol. The molecule has 1 aliphatic carbocycles. The lowest BCUT2D eigenvalue weighted by atomic mass is 9.91. The molecule has 0 spiro atoms. The number of fused-ring (bicyclic) bond motifs is 2. The Balaban J connectivity index is 1.23. The van der Waals surface area contributed by atoms with Crippen LogP contribution in [0.15, 0.2) is 72.4 Å². The largest absolute Gasteiger partial charge is 0.488 e. The molecule has 2 N–H and O–H groups in total. The Bertz CT molecular complexity index is 1660. The Morgan fingerprint density at radius 3 is 2.95 bits per heavy atom. The van der Waals surface area contributed by atoms with Gasteiger partial charge in [0.05, 0.1) is 30.4 Å². The Kier molecular flexibility index (Phi) is 6.24. The molecule has 1 saturated carbocycles. The molecular formula is C26H24FN9O2. The lowest BCUT2D eigenvalue weighted by Crippen LogP contribution is -2.37. The van der Waals surface area contributed by atoms with Gasteiger partial charge in [0.15, 0.2) is 11.6 Å². The molecule has 2 aromatic carbocycles. The number of benzene rings is 2. The Morgan fingerprint density at radius 2 is 2.11 bits per heavy atom. The van der Waals surface area contributed by atoms with E-state index in [-0.39, 0.29) is 11.9 Å². The molecule has 1 aliphatic rings. The van der Waals surface area contributed by atoms with E-state index in [1.54, 1.807) is 23.0 Å². The number of hydrogen-bond acceptors (Lipinski definition) is 7. The van der Waals surface area contributed by atoms with Crippen LogP contribution in [0.1, 0.15) is 24.8 Å². The van der Waals surface area contributed by atoms with E-state index >= 15 is 0 Å². The number of azide groups is 1. The van der Waals surface area contributed by atoms with Gasteiger partial charge in [-0.3, -0.25) is 4.68 Å². The quantitative estimate of drug-likeness (QED) is 0.179. The highest BCUT2D eigenvalue weighted by molar-refractivity contribution is 5.86. The fraction of sp³-hybridized carbons (Fsp3) is 0.269. The summed E-state index contributed by atoms with van der Waals surface area (Å²) in [5.74, 6) is 0.888. The number of aromatic nitrogens is 5. The van der Waals surface area contributed by atoms with Crippen molar-refractivity contribution in [1.82, 2.24) is 24.4 Å². The number of hydrogen-bond donors (Lipinski definition) is 2. The Morgan fingerprint density at radius 1 is 1.18 bits per heavy atom. The zero-order chi connectivity index (χ0) is 26.1. The van der Waals surface area contributed by atoms with Crippen LogP contribution in [0.25, 0.3) is 26.9 Å². The monoisotopic (exact) mass is 513 g/mol. The van der Waals surface area contributed by atoms with Crippen molar-refractivity contribution in [3.8, 4) is 5.75 Å². The van der Waals surface area contributed by atoms with E-state index < -0.39 is 12.1 Å². The van der Waals surface area contributed by atoms with Crippen molar-refractivity contribution in [2.24, 2.45) is 5.11 Å². The van der Waals surface area contributed by atoms with Gasteiger partial charge in [0, 0.05) is 34.7 Å². The van der Waals surface area contributed by atoms with Crippen LogP contribution in [0.4, 0.5) is 15.9 Å². The summed E-state index contributed by atoms with van der Waals surface area (Å²) in [7, 11) is 0. The highest BCUT2D eigenvalue weighted by Crippen LogP contribution is 2.33. The summed E-state index contributed by atoms with van der Waals surface area (Å²) in [4.78, 5) is 7.27. The first kappa shape index (κ1) is 23.7. The van der Waals surface area contributed by atoms with Gasteiger partial charge in [-0.2, -0.15) is 10.2 Å². The predicted molar refractivity (Wildman–Crippen MR) is 139 cm³/mol. The minimum atomic E-state index is -0.749. The number of nitrogens with one attached hydrogen (secondary N) is 1. The maximum Gasteiger partial charge on any atom is 0.162 e. The van der Waals surface area contributed by atoms with Crippen LogP contribution in [0.2, 0.25) is 0 Å². The van der Waals surface area contributed by atoms with Gasteiger partial charge in [0.2, 0.25) is 0 Å². The second kappa shape index (κ2) is 10.0. The van der Waals surface area contributed by atoms with Gasteiger partial charge in [-0.1, -0.05) is 17.2 Å². The van der Waals surface area contributed by atoms with Gasteiger partial charge >= 0.3 is 0 Å². The van der Waals surface area contributed by atoms with E-state index in [9.17, 15) is 9.50 Å². The third-order valence-electron chi connectivity index (χ3n) is 6.77. The molecule has 3 aromatic heterocycles. The third kappa shape index (κ3) is 4.70. The zero-order valence-corrected chi connectivity index (χ0v) is 20.2. The van der Waals surface area contributed by atoms with E-state index in [2.05, 4.69) is 30.5 Å². The Labute approximate surface area is 216 Å². The summed E-state index contributed by atoms with van der Waals surface area (Å²) in [5.41, 5.74) is 11.9. The number of ether oxygens (including phenoxy) is 1. The van der Waals surface area contributed by atoms with E-state index in [4.69, 9.17) is 10.3 Å². The van der Waals surface area contributed by atoms with Crippen LogP contribution in [0.5, 0.6) is 5.75 Å². The molecule has 0 radical (unpaired) electrons. The summed E-state index contributed by atoms with van der Waals surface area (Å²) >= 11 is 0. The molecule has 3 atom stereocenters. The maximum absolute atomic E-state index is 13.6. The smallest absolute Gasteiger partial charge is 0.162 e. The number of anilines is 2. The topological polar surface area (TPSA) is 138 Å². The second-order valence-electron chi connectivity index (χ2n) is 9.31. The Hall–Kier alpha value is -4.67. The van der Waals surface area contributed by atoms with E-state index in [0.29, 0.717) is 42.9 Å². The molecule has 192 valence electrons. The first-order valence-corrected chi connectivity index (χ1v) is 12.3. The SMILES string of the molecule is [N-]=[N+]=N[C@H]1CCC(Oc2ccn3ncnc(Nc4ccc5c(cnn5Cc5cccc(F)c5)c4)c23)C[C@@H]1O. The molecule has 0 amide bonds. The third-order valence-corrected chi connectivity index (χ3v) is 6.77. The van der Waals surface area contributed by atoms with Gasteiger partial charge in [-0.05, 0) is 54.3 Å². The van der Waals surface area contributed by atoms with E-state index in [0.717, 1.165) is 22.2 Å². The van der Waals surface area contributed by atoms with Crippen molar-refractivity contribution in [2.45, 2.75) is 44.1 Å². The van der Waals surface area contributed by atoms with Crippen molar-refractivity contribution in [2.75, 3.05) is 5.32 Å². The van der Waals surface area contributed by atoms with Gasteiger partial charge < -0.3 is 15.2 Å². The fourth-order valence-electron chi connectivity index (χ4n) is 4.93. The van der Waals surface area contributed by atoms with Gasteiger partial charge in [0.1, 0.15) is 23.8 Å². The molecule has 0 saturated heterocycles. The first-order valence-electron chi connectivity index (χ1n) is 12.3. The molecule has 5 aromatic rings. The maximum atomic E-state index is 13.6. The van der Waals surface area contributed by atoms with Gasteiger partial charge in [-0.25, -0.2) is 13.9 Å². The highest BCUT2D eigenvalue weighted by Gasteiger charge is 2.30. The lowest BCUT2D eigenvalue weighted by Gasteiger charge is -2.30. The summed E-state index contributed by atoms with van der Waals surface area (Å²) in [6.07, 6.45) is 5.63. The normalized spacial score (nSPS) is 19.4. The minimum absolute atomic E-state index is 0.227. The highest BCUT2D eigenvalue weighted by atomic mass is 19.1. The standard InChI is InChI=1S/C26H24FN9O2/c27-18-3-1-2-16(10-18)14-36-22-7-4-19(11-17(22)13-30-36)32-26-25-24(8-9-35(25)31-15-29-26)38-20-5-6-21(33-34-28)23(37)12-20/h1-4,7-11,13,15,20-21,23,37H,5-6,12,14H2,(H,29,31,32)/t20?,21-,23-/m0/s1. The van der Waals surface area contributed by atoms with Gasteiger partial charge in [-0.15, -0.1) is 0 Å². The van der Waals surface area contributed by atoms with Crippen LogP contribution >= 0.6 is 0 Å². The number of rotatable bonds is 7. The van der Waals surface area contributed by atoms with Crippen LogP contribution in [-0.2, 0) is 6.54 Å². The van der Waals surface area contributed by atoms with Crippen molar-refractivity contribution >= 4 is 27.9 Å². The van der Waals surface area contributed by atoms with Crippen LogP contribution in [0.3, 0.4) is 0 Å².